The Morgan fingerprint density at radius 1 is 1.24 bits per heavy atom. The van der Waals surface area contributed by atoms with Gasteiger partial charge in [-0.05, 0) is 25.1 Å². The van der Waals surface area contributed by atoms with Crippen LogP contribution in [0, 0.1) is 0 Å². The number of hydrogen-bond acceptors (Lipinski definition) is 5. The zero-order chi connectivity index (χ0) is 14.3. The molecule has 0 bridgehead atoms. The lowest BCUT2D eigenvalue weighted by atomic mass is 10.1. The minimum absolute atomic E-state index is 0.776. The second-order valence-electron chi connectivity index (χ2n) is 4.71. The first-order chi connectivity index (χ1) is 10.4. The van der Waals surface area contributed by atoms with E-state index in [1.165, 1.54) is 0 Å². The van der Waals surface area contributed by atoms with Crippen molar-refractivity contribution in [2.24, 2.45) is 0 Å². The molecule has 0 spiro atoms. The molecule has 0 saturated carbocycles. The van der Waals surface area contributed by atoms with Crippen LogP contribution in [0.5, 0.6) is 0 Å². The summed E-state index contributed by atoms with van der Waals surface area (Å²) in [5.74, 6) is 0. The molecule has 3 heterocycles. The number of hydrogen-bond donors (Lipinski definition) is 2. The summed E-state index contributed by atoms with van der Waals surface area (Å²) in [6.07, 6.45) is 10.0. The molecule has 3 aromatic rings. The van der Waals surface area contributed by atoms with Crippen LogP contribution in [0.25, 0.3) is 11.3 Å². The number of H-pyrrole nitrogens is 1. The number of pyridine rings is 1. The van der Waals surface area contributed by atoms with Gasteiger partial charge in [0.1, 0.15) is 0 Å². The summed E-state index contributed by atoms with van der Waals surface area (Å²) in [5.41, 5.74) is 3.21. The van der Waals surface area contributed by atoms with Crippen LogP contribution < -0.4 is 5.32 Å². The quantitative estimate of drug-likeness (QED) is 0.637. The number of aromatic amines is 1. The van der Waals surface area contributed by atoms with Gasteiger partial charge in [0.2, 0.25) is 0 Å². The van der Waals surface area contributed by atoms with E-state index in [0.29, 0.717) is 0 Å². The van der Waals surface area contributed by atoms with Crippen molar-refractivity contribution < 1.29 is 0 Å². The topological polar surface area (TPSA) is 84.3 Å². The Kier molecular flexibility index (Phi) is 4.33. The third kappa shape index (κ3) is 3.51. The molecule has 0 atom stereocenters. The first-order valence-electron chi connectivity index (χ1n) is 6.91. The maximum absolute atomic E-state index is 4.14. The molecule has 7 heteroatoms. The lowest BCUT2D eigenvalue weighted by Gasteiger charge is -2.05. The smallest absolute Gasteiger partial charge is 0.0710 e. The Bertz CT molecular complexity index is 645. The zero-order valence-corrected chi connectivity index (χ0v) is 11.6. The lowest BCUT2D eigenvalue weighted by Crippen LogP contribution is -2.16. The Morgan fingerprint density at radius 2 is 2.24 bits per heavy atom. The second kappa shape index (κ2) is 6.76. The Labute approximate surface area is 122 Å². The summed E-state index contributed by atoms with van der Waals surface area (Å²) in [4.78, 5) is 4.14. The summed E-state index contributed by atoms with van der Waals surface area (Å²) in [5, 5.41) is 18.3. The highest BCUT2D eigenvalue weighted by molar-refractivity contribution is 5.61. The van der Waals surface area contributed by atoms with Crippen LogP contribution in [0.3, 0.4) is 0 Å². The summed E-state index contributed by atoms with van der Waals surface area (Å²) < 4.78 is 1.83. The van der Waals surface area contributed by atoms with Crippen molar-refractivity contribution in [1.29, 1.82) is 0 Å². The summed E-state index contributed by atoms with van der Waals surface area (Å²) in [6.45, 7) is 2.56. The molecule has 108 valence electrons. The maximum Gasteiger partial charge on any atom is 0.0710 e. The van der Waals surface area contributed by atoms with Crippen LogP contribution >= 0.6 is 0 Å². The van der Waals surface area contributed by atoms with Crippen LogP contribution in [0.2, 0.25) is 0 Å². The fraction of sp³-hybridized carbons (Fsp3) is 0.286. The fourth-order valence-corrected chi connectivity index (χ4v) is 2.15. The minimum Gasteiger partial charge on any atom is -0.312 e. The number of aryl methyl sites for hydroxylation is 1. The molecule has 3 rings (SSSR count). The molecule has 0 fully saturated rings. The van der Waals surface area contributed by atoms with Crippen molar-refractivity contribution in [3.63, 3.8) is 0 Å². The van der Waals surface area contributed by atoms with E-state index in [2.05, 4.69) is 30.8 Å². The average Bonchev–Trinajstić information content (AvgIpc) is 3.19. The first-order valence-corrected chi connectivity index (χ1v) is 6.91. The SMILES string of the molecule is c1cncc(-c2[nH]ncc2CNCCCn2ccnn2)c1. The predicted octanol–water partition coefficient (Wildman–Crippen LogP) is 1.24. The Balaban J connectivity index is 1.49. The van der Waals surface area contributed by atoms with Crippen molar-refractivity contribution >= 4 is 0 Å². The van der Waals surface area contributed by atoms with Gasteiger partial charge in [0.15, 0.2) is 0 Å². The average molecular weight is 283 g/mol. The normalized spacial score (nSPS) is 10.9. The maximum atomic E-state index is 4.14. The zero-order valence-electron chi connectivity index (χ0n) is 11.6. The monoisotopic (exact) mass is 283 g/mol. The van der Waals surface area contributed by atoms with Gasteiger partial charge in [-0.15, -0.1) is 5.10 Å². The van der Waals surface area contributed by atoms with Crippen LogP contribution in [-0.2, 0) is 13.1 Å². The van der Waals surface area contributed by atoms with Crippen LogP contribution in [0.1, 0.15) is 12.0 Å². The fourth-order valence-electron chi connectivity index (χ4n) is 2.15. The summed E-state index contributed by atoms with van der Waals surface area (Å²) >= 11 is 0. The second-order valence-corrected chi connectivity index (χ2v) is 4.71. The minimum atomic E-state index is 0.776. The van der Waals surface area contributed by atoms with Crippen LogP contribution in [0.15, 0.2) is 43.1 Å². The van der Waals surface area contributed by atoms with E-state index in [0.717, 1.165) is 42.9 Å². The van der Waals surface area contributed by atoms with E-state index in [4.69, 9.17) is 0 Å². The molecule has 0 aliphatic carbocycles. The highest BCUT2D eigenvalue weighted by Gasteiger charge is 2.06. The molecular formula is C14H17N7. The molecule has 0 saturated heterocycles. The van der Waals surface area contributed by atoms with E-state index >= 15 is 0 Å². The van der Waals surface area contributed by atoms with Crippen LogP contribution in [0.4, 0.5) is 0 Å². The molecule has 7 nitrogen and oxygen atoms in total. The predicted molar refractivity (Wildman–Crippen MR) is 78.2 cm³/mol. The molecule has 0 amide bonds. The van der Waals surface area contributed by atoms with Crippen molar-refractivity contribution in [2.45, 2.75) is 19.5 Å². The van der Waals surface area contributed by atoms with Gasteiger partial charge in [0.25, 0.3) is 0 Å². The third-order valence-electron chi connectivity index (χ3n) is 3.20. The first kappa shape index (κ1) is 13.4. The van der Waals surface area contributed by atoms with Gasteiger partial charge >= 0.3 is 0 Å². The summed E-state index contributed by atoms with van der Waals surface area (Å²) in [6, 6.07) is 3.94. The van der Waals surface area contributed by atoms with E-state index in [1.54, 1.807) is 12.4 Å². The molecular weight excluding hydrogens is 266 g/mol. The lowest BCUT2D eigenvalue weighted by molar-refractivity contribution is 0.530. The van der Waals surface area contributed by atoms with Crippen molar-refractivity contribution in [1.82, 2.24) is 35.5 Å². The molecule has 21 heavy (non-hydrogen) atoms. The van der Waals surface area contributed by atoms with Gasteiger partial charge in [-0.2, -0.15) is 5.10 Å². The van der Waals surface area contributed by atoms with E-state index in [9.17, 15) is 0 Å². The van der Waals surface area contributed by atoms with Gasteiger partial charge in [0.05, 0.1) is 18.1 Å². The van der Waals surface area contributed by atoms with E-state index in [1.807, 2.05) is 35.4 Å². The molecule has 0 unspecified atom stereocenters. The Hall–Kier alpha value is -2.54. The molecule has 0 aliphatic heterocycles. The van der Waals surface area contributed by atoms with Crippen molar-refractivity contribution in [2.75, 3.05) is 6.54 Å². The standard InChI is InChI=1S/C14H17N7/c1-3-12(9-15-4-1)14-13(11-18-19-14)10-16-5-2-7-21-8-6-17-20-21/h1,3-4,6,8-9,11,16H,2,5,7,10H2,(H,18,19). The van der Waals surface area contributed by atoms with Gasteiger partial charge in [-0.25, -0.2) is 0 Å². The number of aromatic nitrogens is 6. The molecule has 0 aromatic carbocycles. The highest BCUT2D eigenvalue weighted by atomic mass is 15.4. The van der Waals surface area contributed by atoms with E-state index in [-0.39, 0.29) is 0 Å². The van der Waals surface area contributed by atoms with Crippen molar-refractivity contribution in [3.8, 4) is 11.3 Å². The number of nitrogens with zero attached hydrogens (tertiary/aromatic N) is 5. The van der Waals surface area contributed by atoms with Gasteiger partial charge in [-0.3, -0.25) is 14.8 Å². The van der Waals surface area contributed by atoms with Gasteiger partial charge in [-0.1, -0.05) is 5.21 Å². The van der Waals surface area contributed by atoms with E-state index < -0.39 is 0 Å². The Morgan fingerprint density at radius 3 is 3.05 bits per heavy atom. The molecule has 3 aromatic heterocycles. The highest BCUT2D eigenvalue weighted by Crippen LogP contribution is 2.19. The molecule has 0 aliphatic rings. The number of nitrogens with one attached hydrogen (secondary N) is 2. The largest absolute Gasteiger partial charge is 0.312 e. The summed E-state index contributed by atoms with van der Waals surface area (Å²) in [7, 11) is 0. The number of rotatable bonds is 7. The molecule has 2 N–H and O–H groups in total. The van der Waals surface area contributed by atoms with Gasteiger partial charge < -0.3 is 5.32 Å². The third-order valence-corrected chi connectivity index (χ3v) is 3.20. The van der Waals surface area contributed by atoms with Gasteiger partial charge in [0, 0.05) is 42.8 Å². The van der Waals surface area contributed by atoms with Crippen LogP contribution in [-0.4, -0.2) is 36.7 Å². The van der Waals surface area contributed by atoms with Crippen molar-refractivity contribution in [3.05, 3.63) is 48.7 Å². The molecule has 0 radical (unpaired) electrons.